The minimum absolute atomic E-state index is 0.0623. The number of rotatable bonds is 7. The molecule has 0 bridgehead atoms. The molecule has 1 saturated carbocycles. The van der Waals surface area contributed by atoms with Crippen LogP contribution in [0.25, 0.3) is 0 Å². The Labute approximate surface area is 167 Å². The van der Waals surface area contributed by atoms with Crippen LogP contribution >= 0.6 is 22.9 Å². The molecule has 146 valence electrons. The number of hydrogen-bond acceptors (Lipinski definition) is 4. The molecule has 9 heteroatoms. The Bertz CT molecular complexity index is 911. The lowest BCUT2D eigenvalue weighted by Gasteiger charge is -2.28. The van der Waals surface area contributed by atoms with Crippen LogP contribution in [0.15, 0.2) is 40.6 Å². The van der Waals surface area contributed by atoms with Crippen molar-refractivity contribution in [1.29, 1.82) is 0 Å². The van der Waals surface area contributed by atoms with E-state index in [-0.39, 0.29) is 15.3 Å². The summed E-state index contributed by atoms with van der Waals surface area (Å²) >= 11 is 7.31. The summed E-state index contributed by atoms with van der Waals surface area (Å²) in [5, 5.41) is 4.59. The second-order valence-corrected chi connectivity index (χ2v) is 9.76. The standard InChI is InChI=1S/C18H20ClFN2O3S2/c19-14-10-13(5-6-15(14)20)27(24,25)22-11-17(23)21-12-18(7-1-2-8-18)16-4-3-9-26-16/h3-6,9-10,22H,1-2,7-8,11-12H2,(H,21,23). The maximum atomic E-state index is 13.2. The summed E-state index contributed by atoms with van der Waals surface area (Å²) in [4.78, 5) is 13.3. The molecule has 1 aromatic heterocycles. The number of amides is 1. The maximum Gasteiger partial charge on any atom is 0.241 e. The average Bonchev–Trinajstić information content (AvgIpc) is 3.33. The molecule has 2 N–H and O–H groups in total. The van der Waals surface area contributed by atoms with Gasteiger partial charge in [-0.1, -0.05) is 30.5 Å². The highest BCUT2D eigenvalue weighted by Gasteiger charge is 2.36. The van der Waals surface area contributed by atoms with E-state index in [0.29, 0.717) is 6.54 Å². The van der Waals surface area contributed by atoms with Crippen molar-refractivity contribution in [2.24, 2.45) is 0 Å². The van der Waals surface area contributed by atoms with E-state index < -0.39 is 28.3 Å². The van der Waals surface area contributed by atoms with Crippen molar-refractivity contribution >= 4 is 38.9 Å². The topological polar surface area (TPSA) is 75.3 Å². The van der Waals surface area contributed by atoms with Crippen LogP contribution in [0.4, 0.5) is 4.39 Å². The molecule has 0 saturated heterocycles. The van der Waals surface area contributed by atoms with Crippen LogP contribution in [-0.4, -0.2) is 27.4 Å². The predicted molar refractivity (Wildman–Crippen MR) is 104 cm³/mol. The van der Waals surface area contributed by atoms with E-state index in [1.165, 1.54) is 4.88 Å². The summed E-state index contributed by atoms with van der Waals surface area (Å²) in [7, 11) is -3.95. The van der Waals surface area contributed by atoms with Gasteiger partial charge in [0.05, 0.1) is 16.5 Å². The van der Waals surface area contributed by atoms with E-state index in [9.17, 15) is 17.6 Å². The number of nitrogens with one attached hydrogen (secondary N) is 2. The third kappa shape index (κ3) is 4.68. The van der Waals surface area contributed by atoms with Crippen LogP contribution in [0, 0.1) is 5.82 Å². The van der Waals surface area contributed by atoms with Gasteiger partial charge in [0.25, 0.3) is 0 Å². The van der Waals surface area contributed by atoms with Gasteiger partial charge in [-0.05, 0) is 42.5 Å². The van der Waals surface area contributed by atoms with Crippen molar-refractivity contribution in [3.63, 3.8) is 0 Å². The number of carbonyl (C=O) groups is 1. The van der Waals surface area contributed by atoms with E-state index >= 15 is 0 Å². The Morgan fingerprint density at radius 1 is 1.26 bits per heavy atom. The molecule has 1 aliphatic carbocycles. The average molecular weight is 431 g/mol. The Morgan fingerprint density at radius 3 is 2.63 bits per heavy atom. The molecule has 0 unspecified atom stereocenters. The molecule has 2 aromatic rings. The second kappa shape index (κ2) is 8.26. The molecule has 0 atom stereocenters. The van der Waals surface area contributed by atoms with Gasteiger partial charge in [-0.25, -0.2) is 17.5 Å². The SMILES string of the molecule is O=C(CNS(=O)(=O)c1ccc(F)c(Cl)c1)NCC1(c2cccs2)CCCC1. The molecular weight excluding hydrogens is 411 g/mol. The van der Waals surface area contributed by atoms with E-state index in [2.05, 4.69) is 16.1 Å². The highest BCUT2D eigenvalue weighted by atomic mass is 35.5. The quantitative estimate of drug-likeness (QED) is 0.706. The Morgan fingerprint density at radius 2 is 2.00 bits per heavy atom. The normalized spacial score (nSPS) is 16.4. The van der Waals surface area contributed by atoms with Gasteiger partial charge in [-0.15, -0.1) is 11.3 Å². The third-order valence-corrected chi connectivity index (χ3v) is 7.66. The van der Waals surface area contributed by atoms with Crippen molar-refractivity contribution in [2.45, 2.75) is 36.0 Å². The number of hydrogen-bond donors (Lipinski definition) is 2. The zero-order valence-electron chi connectivity index (χ0n) is 14.5. The summed E-state index contributed by atoms with van der Waals surface area (Å²) in [6.45, 7) is 0.0916. The largest absolute Gasteiger partial charge is 0.354 e. The number of benzene rings is 1. The molecule has 5 nitrogen and oxygen atoms in total. The summed E-state index contributed by atoms with van der Waals surface area (Å²) in [5.41, 5.74) is -0.0623. The highest BCUT2D eigenvalue weighted by molar-refractivity contribution is 7.89. The van der Waals surface area contributed by atoms with Gasteiger partial charge in [-0.2, -0.15) is 0 Å². The van der Waals surface area contributed by atoms with Crippen LogP contribution in [0.1, 0.15) is 30.6 Å². The van der Waals surface area contributed by atoms with Crippen molar-refractivity contribution < 1.29 is 17.6 Å². The molecule has 1 fully saturated rings. The van der Waals surface area contributed by atoms with Crippen molar-refractivity contribution in [3.05, 3.63) is 51.4 Å². The predicted octanol–water partition coefficient (Wildman–Crippen LogP) is 3.45. The van der Waals surface area contributed by atoms with Gasteiger partial charge in [0.15, 0.2) is 0 Å². The number of sulfonamides is 1. The lowest BCUT2D eigenvalue weighted by atomic mass is 9.84. The Balaban J connectivity index is 1.58. The van der Waals surface area contributed by atoms with E-state index in [1.807, 2.05) is 11.4 Å². The molecule has 0 radical (unpaired) electrons. The monoisotopic (exact) mass is 430 g/mol. The highest BCUT2D eigenvalue weighted by Crippen LogP contribution is 2.42. The molecule has 0 spiro atoms. The molecule has 0 aliphatic heterocycles. The molecule has 1 aliphatic rings. The zero-order chi connectivity index (χ0) is 19.5. The molecule has 1 amide bonds. The Hall–Kier alpha value is -1.48. The van der Waals surface area contributed by atoms with Gasteiger partial charge in [0, 0.05) is 16.8 Å². The fraction of sp³-hybridized carbons (Fsp3) is 0.389. The number of thiophene rings is 1. The number of carbonyl (C=O) groups excluding carboxylic acids is 1. The van der Waals surface area contributed by atoms with E-state index in [4.69, 9.17) is 11.6 Å². The van der Waals surface area contributed by atoms with Crippen LogP contribution in [0.2, 0.25) is 5.02 Å². The summed E-state index contributed by atoms with van der Waals surface area (Å²) < 4.78 is 39.9. The van der Waals surface area contributed by atoms with Gasteiger partial charge in [-0.3, -0.25) is 4.79 Å². The first-order chi connectivity index (χ1) is 12.8. The molecule has 1 heterocycles. The van der Waals surface area contributed by atoms with Gasteiger partial charge in [0.2, 0.25) is 15.9 Å². The number of halogens is 2. The maximum absolute atomic E-state index is 13.2. The third-order valence-electron chi connectivity index (χ3n) is 4.85. The first kappa shape index (κ1) is 20.3. The summed E-state index contributed by atoms with van der Waals surface area (Å²) in [5.74, 6) is -1.11. The minimum atomic E-state index is -3.95. The summed E-state index contributed by atoms with van der Waals surface area (Å²) in [6, 6.07) is 7.18. The van der Waals surface area contributed by atoms with E-state index in [1.54, 1.807) is 11.3 Å². The van der Waals surface area contributed by atoms with Crippen molar-refractivity contribution in [2.75, 3.05) is 13.1 Å². The van der Waals surface area contributed by atoms with Crippen LogP contribution < -0.4 is 10.0 Å². The molecule has 27 heavy (non-hydrogen) atoms. The van der Waals surface area contributed by atoms with Crippen LogP contribution in [0.3, 0.4) is 0 Å². The lowest BCUT2D eigenvalue weighted by Crippen LogP contribution is -2.43. The zero-order valence-corrected chi connectivity index (χ0v) is 16.9. The lowest BCUT2D eigenvalue weighted by molar-refractivity contribution is -0.120. The van der Waals surface area contributed by atoms with Crippen LogP contribution in [0.5, 0.6) is 0 Å². The fourth-order valence-corrected chi connectivity index (χ4v) is 5.60. The van der Waals surface area contributed by atoms with E-state index in [0.717, 1.165) is 43.9 Å². The van der Waals surface area contributed by atoms with Gasteiger partial charge in [0.1, 0.15) is 5.82 Å². The Kier molecular flexibility index (Phi) is 6.20. The van der Waals surface area contributed by atoms with Gasteiger partial charge < -0.3 is 5.32 Å². The second-order valence-electron chi connectivity index (χ2n) is 6.64. The smallest absolute Gasteiger partial charge is 0.241 e. The molecule has 3 rings (SSSR count). The first-order valence-electron chi connectivity index (χ1n) is 8.58. The van der Waals surface area contributed by atoms with Crippen LogP contribution in [-0.2, 0) is 20.2 Å². The van der Waals surface area contributed by atoms with Crippen molar-refractivity contribution in [1.82, 2.24) is 10.0 Å². The molecule has 1 aromatic carbocycles. The fourth-order valence-electron chi connectivity index (χ4n) is 3.36. The first-order valence-corrected chi connectivity index (χ1v) is 11.3. The minimum Gasteiger partial charge on any atom is -0.354 e. The van der Waals surface area contributed by atoms with Gasteiger partial charge >= 0.3 is 0 Å². The van der Waals surface area contributed by atoms with Crippen molar-refractivity contribution in [3.8, 4) is 0 Å². The molecular formula is C18H20ClFN2O3S2. The summed E-state index contributed by atoms with van der Waals surface area (Å²) in [6.07, 6.45) is 4.25.